The molecule has 144 valence electrons. The fraction of sp³-hybridized carbons (Fsp3) is 0.429. The van der Waals surface area contributed by atoms with Crippen molar-refractivity contribution in [1.29, 1.82) is 0 Å². The Hall–Kier alpha value is -1.79. The second-order valence-corrected chi connectivity index (χ2v) is 7.77. The van der Waals surface area contributed by atoms with Crippen molar-refractivity contribution in [3.05, 3.63) is 51.7 Å². The van der Waals surface area contributed by atoms with Gasteiger partial charge in [0.1, 0.15) is 5.82 Å². The van der Waals surface area contributed by atoms with Crippen molar-refractivity contribution in [3.63, 3.8) is 0 Å². The molecule has 0 spiro atoms. The van der Waals surface area contributed by atoms with E-state index < -0.39 is 0 Å². The molecule has 1 fully saturated rings. The normalized spacial score (nSPS) is 23.8. The van der Waals surface area contributed by atoms with Crippen molar-refractivity contribution in [3.8, 4) is 11.5 Å². The highest BCUT2D eigenvalue weighted by atomic mass is 79.9. The Bertz CT molecular complexity index is 844. The highest BCUT2D eigenvalue weighted by molar-refractivity contribution is 9.10. The van der Waals surface area contributed by atoms with Gasteiger partial charge in [0, 0.05) is 23.8 Å². The molecule has 4 rings (SSSR count). The predicted octanol–water partition coefficient (Wildman–Crippen LogP) is 5.63. The maximum Gasteiger partial charge on any atom is 0.174 e. The molecule has 0 amide bonds. The van der Waals surface area contributed by atoms with Gasteiger partial charge in [-0.05, 0) is 71.6 Å². The number of hydrogen-bond donors (Lipinski definition) is 1. The number of benzene rings is 2. The SMILES string of the molecule is CCOc1cc(C2Nc3ccc(F)cc3[C@H]3OCCC[C@@H]23)cc(Br)c1OC. The first-order valence-corrected chi connectivity index (χ1v) is 10.1. The van der Waals surface area contributed by atoms with Crippen molar-refractivity contribution in [2.45, 2.75) is 31.9 Å². The topological polar surface area (TPSA) is 39.7 Å². The third-order valence-electron chi connectivity index (χ3n) is 5.32. The number of ether oxygens (including phenoxy) is 3. The number of hydrogen-bond acceptors (Lipinski definition) is 4. The highest BCUT2D eigenvalue weighted by Crippen LogP contribution is 2.50. The van der Waals surface area contributed by atoms with Crippen molar-refractivity contribution in [1.82, 2.24) is 0 Å². The zero-order chi connectivity index (χ0) is 19.0. The van der Waals surface area contributed by atoms with Gasteiger partial charge in [0.25, 0.3) is 0 Å². The molecule has 27 heavy (non-hydrogen) atoms. The first-order chi connectivity index (χ1) is 13.1. The van der Waals surface area contributed by atoms with Crippen molar-refractivity contribution in [2.24, 2.45) is 5.92 Å². The molecule has 1 saturated heterocycles. The fourth-order valence-corrected chi connectivity index (χ4v) is 4.82. The lowest BCUT2D eigenvalue weighted by molar-refractivity contribution is -0.0383. The largest absolute Gasteiger partial charge is 0.492 e. The molecule has 0 radical (unpaired) electrons. The second-order valence-electron chi connectivity index (χ2n) is 6.92. The number of methoxy groups -OCH3 is 1. The molecule has 2 aliphatic heterocycles. The van der Waals surface area contributed by atoms with E-state index in [0.717, 1.165) is 34.1 Å². The molecule has 2 heterocycles. The lowest BCUT2D eigenvalue weighted by Gasteiger charge is -2.43. The second kappa shape index (κ2) is 7.68. The maximum atomic E-state index is 13.8. The molecule has 4 nitrogen and oxygen atoms in total. The van der Waals surface area contributed by atoms with E-state index in [1.54, 1.807) is 19.2 Å². The minimum absolute atomic E-state index is 0.0506. The van der Waals surface area contributed by atoms with Gasteiger partial charge in [-0.2, -0.15) is 0 Å². The molecule has 0 aromatic heterocycles. The van der Waals surface area contributed by atoms with E-state index in [2.05, 4.69) is 27.3 Å². The van der Waals surface area contributed by atoms with E-state index >= 15 is 0 Å². The number of nitrogens with one attached hydrogen (secondary N) is 1. The van der Waals surface area contributed by atoms with Gasteiger partial charge in [-0.25, -0.2) is 4.39 Å². The molecule has 0 saturated carbocycles. The minimum Gasteiger partial charge on any atom is -0.492 e. The Kier molecular flexibility index (Phi) is 5.28. The molecule has 2 aromatic carbocycles. The summed E-state index contributed by atoms with van der Waals surface area (Å²) in [5, 5.41) is 3.61. The van der Waals surface area contributed by atoms with Crippen LogP contribution in [-0.4, -0.2) is 20.3 Å². The molecule has 1 unspecified atom stereocenters. The van der Waals surface area contributed by atoms with E-state index in [1.165, 1.54) is 6.07 Å². The van der Waals surface area contributed by atoms with Crippen LogP contribution in [0.3, 0.4) is 0 Å². The van der Waals surface area contributed by atoms with Crippen LogP contribution in [0.4, 0.5) is 10.1 Å². The van der Waals surface area contributed by atoms with Gasteiger partial charge in [-0.3, -0.25) is 0 Å². The summed E-state index contributed by atoms with van der Waals surface area (Å²) in [5.74, 6) is 1.40. The molecule has 2 aromatic rings. The van der Waals surface area contributed by atoms with Crippen LogP contribution < -0.4 is 14.8 Å². The minimum atomic E-state index is -0.229. The molecule has 6 heteroatoms. The summed E-state index contributed by atoms with van der Waals surface area (Å²) in [7, 11) is 1.64. The number of anilines is 1. The Labute approximate surface area is 167 Å². The molecule has 0 aliphatic carbocycles. The van der Waals surface area contributed by atoms with Crippen LogP contribution in [0.25, 0.3) is 0 Å². The Morgan fingerprint density at radius 1 is 1.30 bits per heavy atom. The standard InChI is InChI=1S/C21H23BrFNO3/c1-3-26-18-10-12(9-16(22)21(18)25-2)19-14-5-4-8-27-20(14)15-11-13(23)6-7-17(15)24-19/h6-7,9-11,14,19-20,24H,3-5,8H2,1-2H3/t14-,19?,20-/m0/s1. The molecular weight excluding hydrogens is 413 g/mol. The highest BCUT2D eigenvalue weighted by Gasteiger charge is 2.40. The van der Waals surface area contributed by atoms with Gasteiger partial charge in [0.2, 0.25) is 0 Å². The van der Waals surface area contributed by atoms with Gasteiger partial charge in [0.05, 0.1) is 30.3 Å². The Morgan fingerprint density at radius 2 is 2.15 bits per heavy atom. The van der Waals surface area contributed by atoms with Gasteiger partial charge < -0.3 is 19.5 Å². The van der Waals surface area contributed by atoms with Crippen molar-refractivity contribution in [2.75, 3.05) is 25.6 Å². The monoisotopic (exact) mass is 435 g/mol. The van der Waals surface area contributed by atoms with Crippen LogP contribution in [0.1, 0.15) is 43.0 Å². The zero-order valence-electron chi connectivity index (χ0n) is 15.4. The quantitative estimate of drug-likeness (QED) is 0.675. The molecule has 2 aliphatic rings. The number of fused-ring (bicyclic) bond motifs is 3. The average molecular weight is 436 g/mol. The zero-order valence-corrected chi connectivity index (χ0v) is 17.0. The van der Waals surface area contributed by atoms with E-state index in [1.807, 2.05) is 13.0 Å². The third-order valence-corrected chi connectivity index (χ3v) is 5.91. The average Bonchev–Trinajstić information content (AvgIpc) is 2.67. The molecular formula is C21H23BrFNO3. The van der Waals surface area contributed by atoms with E-state index in [4.69, 9.17) is 14.2 Å². The predicted molar refractivity (Wildman–Crippen MR) is 106 cm³/mol. The van der Waals surface area contributed by atoms with Gasteiger partial charge in [-0.1, -0.05) is 0 Å². The molecule has 1 N–H and O–H groups in total. The Morgan fingerprint density at radius 3 is 2.93 bits per heavy atom. The van der Waals surface area contributed by atoms with Gasteiger partial charge >= 0.3 is 0 Å². The van der Waals surface area contributed by atoms with Crippen LogP contribution in [0.5, 0.6) is 11.5 Å². The van der Waals surface area contributed by atoms with Gasteiger partial charge in [0.15, 0.2) is 11.5 Å². The lowest BCUT2D eigenvalue weighted by atomic mass is 9.77. The van der Waals surface area contributed by atoms with Crippen LogP contribution in [0.15, 0.2) is 34.8 Å². The van der Waals surface area contributed by atoms with Crippen LogP contribution in [0.2, 0.25) is 0 Å². The first-order valence-electron chi connectivity index (χ1n) is 9.30. The third kappa shape index (κ3) is 3.41. The smallest absolute Gasteiger partial charge is 0.174 e. The summed E-state index contributed by atoms with van der Waals surface area (Å²) in [4.78, 5) is 0. The summed E-state index contributed by atoms with van der Waals surface area (Å²) >= 11 is 3.61. The molecule has 0 bridgehead atoms. The number of halogens is 2. The van der Waals surface area contributed by atoms with Crippen molar-refractivity contribution < 1.29 is 18.6 Å². The summed E-state index contributed by atoms with van der Waals surface area (Å²) in [5.41, 5.74) is 2.93. The van der Waals surface area contributed by atoms with Crippen LogP contribution in [-0.2, 0) is 4.74 Å². The van der Waals surface area contributed by atoms with Crippen LogP contribution >= 0.6 is 15.9 Å². The number of rotatable bonds is 4. The summed E-state index contributed by atoms with van der Waals surface area (Å²) in [6, 6.07) is 9.03. The van der Waals surface area contributed by atoms with Crippen LogP contribution in [0, 0.1) is 11.7 Å². The maximum absolute atomic E-state index is 13.8. The van der Waals surface area contributed by atoms with Crippen molar-refractivity contribution >= 4 is 21.6 Å². The Balaban J connectivity index is 1.78. The van der Waals surface area contributed by atoms with E-state index in [-0.39, 0.29) is 23.9 Å². The molecule has 3 atom stereocenters. The summed E-state index contributed by atoms with van der Waals surface area (Å²) < 4.78 is 32.1. The van der Waals surface area contributed by atoms with E-state index in [0.29, 0.717) is 24.7 Å². The summed E-state index contributed by atoms with van der Waals surface area (Å²) in [6.45, 7) is 3.22. The summed E-state index contributed by atoms with van der Waals surface area (Å²) in [6.07, 6.45) is 1.91. The lowest BCUT2D eigenvalue weighted by Crippen LogP contribution is -2.36. The first kappa shape index (κ1) is 18.6. The fourth-order valence-electron chi connectivity index (χ4n) is 4.20. The van der Waals surface area contributed by atoms with E-state index in [9.17, 15) is 4.39 Å². The van der Waals surface area contributed by atoms with Gasteiger partial charge in [-0.15, -0.1) is 0 Å².